The normalized spacial score (nSPS) is 22.2. The molecule has 1 fully saturated rings. The Hall–Kier alpha value is -3.84. The third kappa shape index (κ3) is 6.15. The molecule has 40 heavy (non-hydrogen) atoms. The summed E-state index contributed by atoms with van der Waals surface area (Å²) >= 11 is 0. The zero-order chi connectivity index (χ0) is 30.1. The first-order valence-corrected chi connectivity index (χ1v) is 12.7. The second kappa shape index (κ2) is 11.7. The van der Waals surface area contributed by atoms with E-state index in [1.807, 2.05) is 0 Å². The van der Waals surface area contributed by atoms with Gasteiger partial charge in [0.2, 0.25) is 18.3 Å². The predicted molar refractivity (Wildman–Crippen MR) is 142 cm³/mol. The van der Waals surface area contributed by atoms with Crippen molar-refractivity contribution in [1.82, 2.24) is 0 Å². The molecule has 0 unspecified atom stereocenters. The Labute approximate surface area is 230 Å². The van der Waals surface area contributed by atoms with Crippen LogP contribution in [-0.2, 0) is 28.5 Å². The van der Waals surface area contributed by atoms with Crippen LogP contribution < -0.4 is 21.4 Å². The lowest BCUT2D eigenvalue weighted by molar-refractivity contribution is -0.308. The molecule has 2 heterocycles. The van der Waals surface area contributed by atoms with Gasteiger partial charge in [0.05, 0.1) is 16.9 Å². The molecule has 2 amide bonds. The van der Waals surface area contributed by atoms with E-state index in [-0.39, 0.29) is 22.4 Å². The van der Waals surface area contributed by atoms with Gasteiger partial charge in [0.1, 0.15) is 17.4 Å². The van der Waals surface area contributed by atoms with Gasteiger partial charge in [-0.25, -0.2) is 9.59 Å². The molecule has 2 aromatic rings. The number of aromatic hydroxyl groups is 1. The number of hydrogen-bond donors (Lipinski definition) is 3. The highest BCUT2D eigenvalue weighted by atomic mass is 16.7. The molecule has 0 spiro atoms. The van der Waals surface area contributed by atoms with Crippen LogP contribution in [0.15, 0.2) is 21.3 Å². The summed E-state index contributed by atoms with van der Waals surface area (Å²) in [5, 5.41) is 13.3. The van der Waals surface area contributed by atoms with Gasteiger partial charge < -0.3 is 44.3 Å². The Bertz CT molecular complexity index is 1350. The number of carbonyl (C=O) groups excluding carboxylic acids is 3. The Morgan fingerprint density at radius 2 is 1.73 bits per heavy atom. The molecule has 4 N–H and O–H groups in total. The molecular formula is C27H36N2O11. The van der Waals surface area contributed by atoms with E-state index in [1.54, 1.807) is 48.5 Å². The fraction of sp³-hybridized carbons (Fsp3) is 0.556. The van der Waals surface area contributed by atoms with Crippen LogP contribution in [-0.4, -0.2) is 60.4 Å². The summed E-state index contributed by atoms with van der Waals surface area (Å²) < 4.78 is 34.3. The topological polar surface area (TPSA) is 186 Å². The maximum absolute atomic E-state index is 12.7. The smallest absolute Gasteiger partial charge is 0.405 e. The summed E-state index contributed by atoms with van der Waals surface area (Å²) in [5.41, 5.74) is 3.16. The molecule has 1 aromatic heterocycles. The first-order valence-electron chi connectivity index (χ1n) is 12.7. The first-order chi connectivity index (χ1) is 18.6. The van der Waals surface area contributed by atoms with Crippen molar-refractivity contribution in [3.8, 4) is 11.5 Å². The molecule has 1 aliphatic heterocycles. The van der Waals surface area contributed by atoms with Gasteiger partial charge in [-0.15, -0.1) is 0 Å². The summed E-state index contributed by atoms with van der Waals surface area (Å²) in [7, 11) is 1.38. The summed E-state index contributed by atoms with van der Waals surface area (Å²) in [6, 6.07) is 2.91. The van der Waals surface area contributed by atoms with Crippen molar-refractivity contribution < 1.29 is 47.6 Å². The van der Waals surface area contributed by atoms with Gasteiger partial charge in [-0.1, -0.05) is 27.7 Å². The molecule has 13 nitrogen and oxygen atoms in total. The Morgan fingerprint density at radius 1 is 1.07 bits per heavy atom. The van der Waals surface area contributed by atoms with Crippen LogP contribution in [0.5, 0.6) is 11.5 Å². The Kier molecular flexibility index (Phi) is 9.00. The van der Waals surface area contributed by atoms with Crippen molar-refractivity contribution in [2.45, 2.75) is 78.7 Å². The first kappa shape index (κ1) is 30.7. The zero-order valence-electron chi connectivity index (χ0n) is 23.7. The molecule has 1 aliphatic rings. The van der Waals surface area contributed by atoms with Crippen LogP contribution in [0.4, 0.5) is 10.5 Å². The summed E-state index contributed by atoms with van der Waals surface area (Å²) in [4.78, 5) is 49.2. The summed E-state index contributed by atoms with van der Waals surface area (Å²) in [6.45, 7) is 11.4. The Morgan fingerprint density at radius 3 is 2.27 bits per heavy atom. The third-order valence-corrected chi connectivity index (χ3v) is 6.49. The number of fused-ring (bicyclic) bond motifs is 1. The lowest BCUT2D eigenvalue weighted by atomic mass is 9.89. The van der Waals surface area contributed by atoms with E-state index < -0.39 is 71.4 Å². The molecule has 0 aliphatic carbocycles. The van der Waals surface area contributed by atoms with Crippen LogP contribution in [0.25, 0.3) is 11.0 Å². The van der Waals surface area contributed by atoms with E-state index >= 15 is 0 Å². The largest absolute Gasteiger partial charge is 0.505 e. The van der Waals surface area contributed by atoms with Crippen molar-refractivity contribution >= 4 is 34.6 Å². The van der Waals surface area contributed by atoms with E-state index in [4.69, 9.17) is 33.8 Å². The highest BCUT2D eigenvalue weighted by Crippen LogP contribution is 2.39. The standard InChI is InChI=1S/C27H36N2O11/c1-11(2)22(31)29-16-17(30)14-9-10-15(13(5)18(14)37-24(16)33)36-25-20(38-23(32)12(3)4)19(39-26(28)34)21(35-8)27(6,7)40-25/h9-12,19-21,25,30H,1-8H3,(H2,28,34)(H,29,31)/t19-,20+,21+,25+/m0/s1. The van der Waals surface area contributed by atoms with E-state index in [0.29, 0.717) is 5.56 Å². The zero-order valence-corrected chi connectivity index (χ0v) is 23.7. The number of amides is 2. The number of hydrogen-bond acceptors (Lipinski definition) is 11. The van der Waals surface area contributed by atoms with Crippen LogP contribution in [0.2, 0.25) is 0 Å². The number of carbonyl (C=O) groups is 3. The van der Waals surface area contributed by atoms with E-state index in [9.17, 15) is 24.3 Å². The maximum Gasteiger partial charge on any atom is 0.405 e. The van der Waals surface area contributed by atoms with Gasteiger partial charge in [-0.3, -0.25) is 9.59 Å². The minimum Gasteiger partial charge on any atom is -0.505 e. The van der Waals surface area contributed by atoms with E-state index in [1.165, 1.54) is 19.2 Å². The molecule has 0 saturated carbocycles. The van der Waals surface area contributed by atoms with Crippen molar-refractivity contribution in [2.75, 3.05) is 12.4 Å². The fourth-order valence-corrected chi connectivity index (χ4v) is 4.32. The molecule has 0 bridgehead atoms. The summed E-state index contributed by atoms with van der Waals surface area (Å²) in [6.07, 6.45) is -5.83. The highest BCUT2D eigenvalue weighted by molar-refractivity contribution is 5.98. The number of methoxy groups -OCH3 is 1. The van der Waals surface area contributed by atoms with Gasteiger partial charge in [0, 0.05) is 18.6 Å². The minimum atomic E-state index is -1.32. The average molecular weight is 565 g/mol. The molecule has 13 heteroatoms. The van der Waals surface area contributed by atoms with E-state index in [2.05, 4.69) is 5.32 Å². The highest BCUT2D eigenvalue weighted by Gasteiger charge is 2.55. The van der Waals surface area contributed by atoms with Gasteiger partial charge >= 0.3 is 17.7 Å². The van der Waals surface area contributed by atoms with Gasteiger partial charge in [0.15, 0.2) is 17.5 Å². The number of benzene rings is 1. The van der Waals surface area contributed by atoms with Gasteiger partial charge in [0.25, 0.3) is 0 Å². The fourth-order valence-electron chi connectivity index (χ4n) is 4.32. The number of nitrogens with two attached hydrogens (primary N) is 1. The number of primary amides is 1. The number of rotatable bonds is 8. The van der Waals surface area contributed by atoms with Crippen molar-refractivity contribution in [3.63, 3.8) is 0 Å². The Balaban J connectivity index is 2.07. The van der Waals surface area contributed by atoms with Crippen molar-refractivity contribution in [1.29, 1.82) is 0 Å². The second-order valence-electron chi connectivity index (χ2n) is 10.6. The third-order valence-electron chi connectivity index (χ3n) is 6.49. The van der Waals surface area contributed by atoms with Gasteiger partial charge in [-0.05, 0) is 32.9 Å². The van der Waals surface area contributed by atoms with E-state index in [0.717, 1.165) is 0 Å². The number of ether oxygens (including phenoxy) is 5. The van der Waals surface area contributed by atoms with Crippen LogP contribution >= 0.6 is 0 Å². The lowest BCUT2D eigenvalue weighted by Gasteiger charge is -2.48. The lowest BCUT2D eigenvalue weighted by Crippen LogP contribution is -2.66. The van der Waals surface area contributed by atoms with Crippen LogP contribution in [0.1, 0.15) is 47.1 Å². The molecular weight excluding hydrogens is 528 g/mol. The SMILES string of the molecule is CO[C@@H]1[C@@H](OC(N)=O)[C@@H](OC(=O)C(C)C)[C@H](Oc2ccc3c(O)c(NC(=O)C(C)C)c(=O)oc3c2C)OC1(C)C. The average Bonchev–Trinajstić information content (AvgIpc) is 2.84. The van der Waals surface area contributed by atoms with Gasteiger partial charge in [-0.2, -0.15) is 0 Å². The predicted octanol–water partition coefficient (Wildman–Crippen LogP) is 2.96. The number of aryl methyl sites for hydroxylation is 1. The van der Waals surface area contributed by atoms with Crippen molar-refractivity contribution in [3.05, 3.63) is 28.1 Å². The molecule has 0 radical (unpaired) electrons. The molecule has 1 aromatic carbocycles. The summed E-state index contributed by atoms with van der Waals surface area (Å²) in [5.74, 6) is -2.38. The quantitative estimate of drug-likeness (QED) is 0.316. The number of esters is 1. The number of anilines is 1. The van der Waals surface area contributed by atoms with Crippen LogP contribution in [0.3, 0.4) is 0 Å². The number of nitrogens with one attached hydrogen (secondary N) is 1. The van der Waals surface area contributed by atoms with Crippen molar-refractivity contribution in [2.24, 2.45) is 17.6 Å². The molecule has 1 saturated heterocycles. The van der Waals surface area contributed by atoms with Crippen LogP contribution in [0, 0.1) is 18.8 Å². The maximum atomic E-state index is 12.7. The molecule has 220 valence electrons. The minimum absolute atomic E-state index is 0.00644. The molecule has 4 atom stereocenters. The second-order valence-corrected chi connectivity index (χ2v) is 10.6. The molecule has 3 rings (SSSR count). The monoisotopic (exact) mass is 564 g/mol.